The second-order valence-corrected chi connectivity index (χ2v) is 4.73. The monoisotopic (exact) mass is 237 g/mol. The number of thiophene rings is 1. The van der Waals surface area contributed by atoms with E-state index in [2.05, 4.69) is 0 Å². The zero-order valence-electron chi connectivity index (χ0n) is 6.91. The lowest BCUT2D eigenvalue weighted by Crippen LogP contribution is -2.23. The van der Waals surface area contributed by atoms with Gasteiger partial charge in [-0.15, -0.1) is 23.1 Å². The molecule has 0 radical (unpaired) electrons. The van der Waals surface area contributed by atoms with Crippen LogP contribution in [0.4, 0.5) is 13.2 Å². The van der Waals surface area contributed by atoms with Crippen LogP contribution in [0.25, 0.3) is 0 Å². The summed E-state index contributed by atoms with van der Waals surface area (Å²) in [6.45, 7) is 0. The van der Waals surface area contributed by atoms with E-state index in [9.17, 15) is 13.2 Å². The average Bonchev–Trinajstić information content (AvgIpc) is 2.55. The van der Waals surface area contributed by atoms with Crippen molar-refractivity contribution < 1.29 is 13.2 Å². The van der Waals surface area contributed by atoms with Gasteiger partial charge in [0.1, 0.15) is 0 Å². The molecular weight excluding hydrogens is 231 g/mol. The molecule has 1 aromatic heterocycles. The number of hydrogen-bond acceptors (Lipinski definition) is 3. The first kappa shape index (κ1) is 11.4. The van der Waals surface area contributed by atoms with Crippen molar-refractivity contribution in [3.05, 3.63) is 17.5 Å². The molecule has 0 aliphatic heterocycles. The largest absolute Gasteiger partial charge is 0.405 e. The van der Waals surface area contributed by atoms with E-state index in [1.54, 1.807) is 17.5 Å². The molecular formula is C8H6F3NS2. The lowest BCUT2D eigenvalue weighted by atomic mass is 10.2. The summed E-state index contributed by atoms with van der Waals surface area (Å²) in [6.07, 6.45) is -4.42. The van der Waals surface area contributed by atoms with Gasteiger partial charge in [0.2, 0.25) is 0 Å². The second-order valence-electron chi connectivity index (χ2n) is 2.47. The first-order valence-corrected chi connectivity index (χ1v) is 5.53. The molecule has 14 heavy (non-hydrogen) atoms. The van der Waals surface area contributed by atoms with E-state index in [0.717, 1.165) is 16.0 Å². The molecule has 1 heterocycles. The fourth-order valence-corrected chi connectivity index (χ4v) is 2.58. The van der Waals surface area contributed by atoms with Gasteiger partial charge in [-0.05, 0) is 11.4 Å². The molecule has 0 aliphatic carbocycles. The van der Waals surface area contributed by atoms with E-state index in [1.165, 1.54) is 17.4 Å². The summed E-state index contributed by atoms with van der Waals surface area (Å²) < 4.78 is 37.2. The predicted octanol–water partition coefficient (Wildman–Crippen LogP) is 3.54. The molecule has 0 bridgehead atoms. The van der Waals surface area contributed by atoms with Crippen molar-refractivity contribution >= 4 is 23.1 Å². The Morgan fingerprint density at radius 1 is 1.57 bits per heavy atom. The standard InChI is InChI=1S/C8H6F3NS2/c9-8(10,11)6(4-12)5-14-7-2-1-3-13-7/h1-3,6H,5H2. The van der Waals surface area contributed by atoms with Crippen molar-refractivity contribution in [3.63, 3.8) is 0 Å². The molecule has 1 atom stereocenters. The average molecular weight is 237 g/mol. The highest BCUT2D eigenvalue weighted by Gasteiger charge is 2.39. The number of halogens is 3. The van der Waals surface area contributed by atoms with Gasteiger partial charge in [-0.1, -0.05) is 6.07 Å². The summed E-state index contributed by atoms with van der Waals surface area (Å²) in [6, 6.07) is 4.77. The summed E-state index contributed by atoms with van der Waals surface area (Å²) >= 11 is 2.43. The van der Waals surface area contributed by atoms with Crippen molar-refractivity contribution in [1.82, 2.24) is 0 Å². The summed E-state index contributed by atoms with van der Waals surface area (Å²) in [5, 5.41) is 10.1. The van der Waals surface area contributed by atoms with Crippen LogP contribution in [0.3, 0.4) is 0 Å². The molecule has 1 unspecified atom stereocenters. The molecule has 1 nitrogen and oxygen atoms in total. The van der Waals surface area contributed by atoms with Gasteiger partial charge < -0.3 is 0 Å². The summed E-state index contributed by atoms with van der Waals surface area (Å²) in [5.41, 5.74) is 0. The Morgan fingerprint density at radius 2 is 2.29 bits per heavy atom. The normalized spacial score (nSPS) is 13.6. The third-order valence-corrected chi connectivity index (χ3v) is 3.66. The molecule has 0 amide bonds. The van der Waals surface area contributed by atoms with Crippen LogP contribution >= 0.6 is 23.1 Å². The van der Waals surface area contributed by atoms with Crippen LogP contribution in [0.2, 0.25) is 0 Å². The Kier molecular flexibility index (Phi) is 3.84. The van der Waals surface area contributed by atoms with Crippen LogP contribution in [0.1, 0.15) is 0 Å². The SMILES string of the molecule is N#CC(CSc1cccs1)C(F)(F)F. The molecule has 6 heteroatoms. The minimum atomic E-state index is -4.42. The zero-order valence-corrected chi connectivity index (χ0v) is 8.55. The zero-order chi connectivity index (χ0) is 10.6. The first-order chi connectivity index (χ1) is 6.54. The van der Waals surface area contributed by atoms with Crippen molar-refractivity contribution in [1.29, 1.82) is 5.26 Å². The Hall–Kier alpha value is -0.670. The van der Waals surface area contributed by atoms with Gasteiger partial charge in [0, 0.05) is 5.75 Å². The number of nitrogens with zero attached hydrogens (tertiary/aromatic N) is 1. The fraction of sp³-hybridized carbons (Fsp3) is 0.375. The highest BCUT2D eigenvalue weighted by molar-refractivity contribution is 8.01. The van der Waals surface area contributed by atoms with Crippen LogP contribution < -0.4 is 0 Å². The molecule has 0 saturated carbocycles. The maximum Gasteiger partial charge on any atom is 0.405 e. The number of alkyl halides is 3. The summed E-state index contributed by atoms with van der Waals surface area (Å²) in [5.74, 6) is -2.12. The van der Waals surface area contributed by atoms with Crippen LogP contribution in [0, 0.1) is 17.2 Å². The van der Waals surface area contributed by atoms with Gasteiger partial charge in [-0.2, -0.15) is 18.4 Å². The third-order valence-electron chi connectivity index (χ3n) is 1.44. The van der Waals surface area contributed by atoms with Crippen molar-refractivity contribution in [2.45, 2.75) is 10.4 Å². The van der Waals surface area contributed by atoms with Gasteiger partial charge in [0.15, 0.2) is 5.92 Å². The van der Waals surface area contributed by atoms with Crippen LogP contribution in [0.15, 0.2) is 21.7 Å². The lowest BCUT2D eigenvalue weighted by Gasteiger charge is -2.11. The lowest BCUT2D eigenvalue weighted by molar-refractivity contribution is -0.152. The number of hydrogen-bond donors (Lipinski definition) is 0. The van der Waals surface area contributed by atoms with Crippen LogP contribution in [0.5, 0.6) is 0 Å². The molecule has 76 valence electrons. The summed E-state index contributed by atoms with van der Waals surface area (Å²) in [7, 11) is 0. The number of rotatable bonds is 3. The van der Waals surface area contributed by atoms with E-state index < -0.39 is 12.1 Å². The smallest absolute Gasteiger partial charge is 0.198 e. The highest BCUT2D eigenvalue weighted by Crippen LogP contribution is 2.32. The van der Waals surface area contributed by atoms with Gasteiger partial charge in [0.05, 0.1) is 10.3 Å². The number of thioether (sulfide) groups is 1. The molecule has 1 rings (SSSR count). The van der Waals surface area contributed by atoms with Crippen molar-refractivity contribution in [2.75, 3.05) is 5.75 Å². The quantitative estimate of drug-likeness (QED) is 0.751. The van der Waals surface area contributed by atoms with Gasteiger partial charge >= 0.3 is 6.18 Å². The summed E-state index contributed by atoms with van der Waals surface area (Å²) in [4.78, 5) is 0. The van der Waals surface area contributed by atoms with E-state index >= 15 is 0 Å². The molecule has 1 aromatic rings. The highest BCUT2D eigenvalue weighted by atomic mass is 32.2. The Labute approximate surface area is 87.5 Å². The molecule has 0 aliphatic rings. The fourth-order valence-electron chi connectivity index (χ4n) is 0.716. The third kappa shape index (κ3) is 3.24. The van der Waals surface area contributed by atoms with E-state index in [4.69, 9.17) is 5.26 Å². The number of nitriles is 1. The predicted molar refractivity (Wildman–Crippen MR) is 50.2 cm³/mol. The van der Waals surface area contributed by atoms with E-state index in [1.807, 2.05) is 0 Å². The maximum atomic E-state index is 12.1. The Balaban J connectivity index is 2.48. The van der Waals surface area contributed by atoms with Gasteiger partial charge in [0.25, 0.3) is 0 Å². The topological polar surface area (TPSA) is 23.8 Å². The molecule has 0 N–H and O–H groups in total. The maximum absolute atomic E-state index is 12.1. The van der Waals surface area contributed by atoms with E-state index in [-0.39, 0.29) is 5.75 Å². The minimum absolute atomic E-state index is 0.236. The van der Waals surface area contributed by atoms with Crippen LogP contribution in [-0.4, -0.2) is 11.9 Å². The second kappa shape index (κ2) is 4.71. The molecule has 0 aromatic carbocycles. The van der Waals surface area contributed by atoms with Gasteiger partial charge in [-0.25, -0.2) is 0 Å². The Morgan fingerprint density at radius 3 is 2.71 bits per heavy atom. The molecule has 0 fully saturated rings. The Bertz CT molecular complexity index is 312. The molecule has 0 spiro atoms. The van der Waals surface area contributed by atoms with Gasteiger partial charge in [-0.3, -0.25) is 0 Å². The minimum Gasteiger partial charge on any atom is -0.198 e. The molecule has 0 saturated heterocycles. The first-order valence-electron chi connectivity index (χ1n) is 3.66. The van der Waals surface area contributed by atoms with Crippen LogP contribution in [-0.2, 0) is 0 Å². The van der Waals surface area contributed by atoms with E-state index in [0.29, 0.717) is 0 Å². The van der Waals surface area contributed by atoms with Crippen molar-refractivity contribution in [3.8, 4) is 6.07 Å². The van der Waals surface area contributed by atoms with Crippen molar-refractivity contribution in [2.24, 2.45) is 5.92 Å².